The Labute approximate surface area is 112 Å². The number of nitrogens with zero attached hydrogens (tertiary/aromatic N) is 1. The zero-order chi connectivity index (χ0) is 12.7. The molecule has 1 saturated carbocycles. The van der Waals surface area contributed by atoms with Gasteiger partial charge in [0.15, 0.2) is 0 Å². The standard InChI is InChI=1S/C14H29ClN2/c1-4-17(5-2)11-10-16-14(12-15)8-6-13(3)7-9-14/h13,16H,4-12H2,1-3H3. The summed E-state index contributed by atoms with van der Waals surface area (Å²) >= 11 is 6.19. The predicted molar refractivity (Wildman–Crippen MR) is 76.9 cm³/mol. The van der Waals surface area contributed by atoms with Gasteiger partial charge in [-0.1, -0.05) is 20.8 Å². The van der Waals surface area contributed by atoms with Gasteiger partial charge in [-0.05, 0) is 44.7 Å². The van der Waals surface area contributed by atoms with Gasteiger partial charge in [-0.15, -0.1) is 11.6 Å². The maximum atomic E-state index is 6.19. The van der Waals surface area contributed by atoms with Gasteiger partial charge in [0.05, 0.1) is 0 Å². The predicted octanol–water partition coefficient (Wildman–Crippen LogP) is 3.11. The SMILES string of the molecule is CCN(CC)CCNC1(CCl)CCC(C)CC1. The lowest BCUT2D eigenvalue weighted by Gasteiger charge is -2.39. The molecule has 102 valence electrons. The van der Waals surface area contributed by atoms with Crippen molar-refractivity contribution in [3.63, 3.8) is 0 Å². The summed E-state index contributed by atoms with van der Waals surface area (Å²) in [7, 11) is 0. The van der Waals surface area contributed by atoms with Crippen molar-refractivity contribution >= 4 is 11.6 Å². The summed E-state index contributed by atoms with van der Waals surface area (Å²) in [5, 5.41) is 3.73. The van der Waals surface area contributed by atoms with E-state index in [1.54, 1.807) is 0 Å². The van der Waals surface area contributed by atoms with Crippen LogP contribution in [0.2, 0.25) is 0 Å². The summed E-state index contributed by atoms with van der Waals surface area (Å²) in [5.74, 6) is 1.65. The van der Waals surface area contributed by atoms with Crippen molar-refractivity contribution in [2.24, 2.45) is 5.92 Å². The van der Waals surface area contributed by atoms with Gasteiger partial charge in [-0.3, -0.25) is 0 Å². The number of likely N-dealkylation sites (N-methyl/N-ethyl adjacent to an activating group) is 1. The molecule has 1 fully saturated rings. The largest absolute Gasteiger partial charge is 0.309 e. The smallest absolute Gasteiger partial charge is 0.0406 e. The molecule has 2 nitrogen and oxygen atoms in total. The molecule has 0 radical (unpaired) electrons. The molecule has 1 N–H and O–H groups in total. The second-order valence-corrected chi connectivity index (χ2v) is 5.82. The fourth-order valence-electron chi connectivity index (χ4n) is 2.69. The normalized spacial score (nSPS) is 29.8. The number of halogens is 1. The van der Waals surface area contributed by atoms with Crippen LogP contribution in [0.25, 0.3) is 0 Å². The van der Waals surface area contributed by atoms with Crippen LogP contribution >= 0.6 is 11.6 Å². The first kappa shape index (κ1) is 15.3. The second-order valence-electron chi connectivity index (χ2n) is 5.55. The third-order valence-electron chi connectivity index (χ3n) is 4.31. The van der Waals surface area contributed by atoms with Crippen molar-refractivity contribution in [1.82, 2.24) is 10.2 Å². The lowest BCUT2D eigenvalue weighted by Crippen LogP contribution is -2.51. The summed E-state index contributed by atoms with van der Waals surface area (Å²) in [5.41, 5.74) is 0.223. The topological polar surface area (TPSA) is 15.3 Å². The molecule has 0 aliphatic heterocycles. The van der Waals surface area contributed by atoms with Crippen LogP contribution in [0.15, 0.2) is 0 Å². The van der Waals surface area contributed by atoms with E-state index in [0.29, 0.717) is 0 Å². The van der Waals surface area contributed by atoms with Crippen LogP contribution in [0, 0.1) is 5.92 Å². The minimum absolute atomic E-state index is 0.223. The summed E-state index contributed by atoms with van der Waals surface area (Å²) in [6.07, 6.45) is 5.14. The Morgan fingerprint density at radius 3 is 2.29 bits per heavy atom. The second kappa shape index (κ2) is 7.60. The van der Waals surface area contributed by atoms with Crippen molar-refractivity contribution in [3.05, 3.63) is 0 Å². The molecule has 0 aromatic carbocycles. The van der Waals surface area contributed by atoms with Gasteiger partial charge >= 0.3 is 0 Å². The fraction of sp³-hybridized carbons (Fsp3) is 1.00. The number of nitrogens with one attached hydrogen (secondary N) is 1. The Morgan fingerprint density at radius 2 is 1.82 bits per heavy atom. The monoisotopic (exact) mass is 260 g/mol. The fourth-order valence-corrected chi connectivity index (χ4v) is 3.05. The van der Waals surface area contributed by atoms with E-state index < -0.39 is 0 Å². The number of hydrogen-bond acceptors (Lipinski definition) is 2. The van der Waals surface area contributed by atoms with E-state index in [2.05, 4.69) is 31.0 Å². The zero-order valence-electron chi connectivity index (χ0n) is 11.8. The summed E-state index contributed by atoms with van der Waals surface area (Å²) < 4.78 is 0. The van der Waals surface area contributed by atoms with Gasteiger partial charge in [0.1, 0.15) is 0 Å². The third kappa shape index (κ3) is 4.76. The van der Waals surface area contributed by atoms with Crippen LogP contribution in [-0.4, -0.2) is 42.5 Å². The van der Waals surface area contributed by atoms with E-state index in [-0.39, 0.29) is 5.54 Å². The maximum absolute atomic E-state index is 6.19. The Kier molecular flexibility index (Phi) is 6.83. The molecule has 0 aromatic rings. The van der Waals surface area contributed by atoms with Crippen molar-refractivity contribution in [1.29, 1.82) is 0 Å². The minimum atomic E-state index is 0.223. The van der Waals surface area contributed by atoms with Crippen molar-refractivity contribution in [2.75, 3.05) is 32.1 Å². The lowest BCUT2D eigenvalue weighted by atomic mass is 9.78. The van der Waals surface area contributed by atoms with Crippen LogP contribution < -0.4 is 5.32 Å². The first-order chi connectivity index (χ1) is 8.15. The van der Waals surface area contributed by atoms with Crippen LogP contribution in [-0.2, 0) is 0 Å². The molecule has 1 aliphatic carbocycles. The van der Waals surface area contributed by atoms with Crippen LogP contribution in [0.1, 0.15) is 46.5 Å². The molecule has 1 rings (SSSR count). The van der Waals surface area contributed by atoms with Gasteiger partial charge < -0.3 is 10.2 Å². The van der Waals surface area contributed by atoms with Crippen LogP contribution in [0.4, 0.5) is 0 Å². The highest BCUT2D eigenvalue weighted by atomic mass is 35.5. The average molecular weight is 261 g/mol. The molecule has 0 heterocycles. The highest BCUT2D eigenvalue weighted by molar-refractivity contribution is 6.18. The highest BCUT2D eigenvalue weighted by Gasteiger charge is 2.32. The molecule has 0 amide bonds. The minimum Gasteiger partial charge on any atom is -0.309 e. The number of alkyl halides is 1. The molecule has 1 aliphatic rings. The number of rotatable bonds is 7. The molecule has 0 atom stereocenters. The molecular weight excluding hydrogens is 232 g/mol. The molecule has 0 bridgehead atoms. The lowest BCUT2D eigenvalue weighted by molar-refractivity contribution is 0.204. The van der Waals surface area contributed by atoms with E-state index in [9.17, 15) is 0 Å². The van der Waals surface area contributed by atoms with E-state index in [4.69, 9.17) is 11.6 Å². The van der Waals surface area contributed by atoms with Gasteiger partial charge in [-0.25, -0.2) is 0 Å². The molecule has 0 unspecified atom stereocenters. The van der Waals surface area contributed by atoms with Crippen LogP contribution in [0.5, 0.6) is 0 Å². The van der Waals surface area contributed by atoms with Crippen LogP contribution in [0.3, 0.4) is 0 Å². The van der Waals surface area contributed by atoms with E-state index in [0.717, 1.165) is 38.0 Å². The van der Waals surface area contributed by atoms with Crippen molar-refractivity contribution in [2.45, 2.75) is 52.0 Å². The molecule has 17 heavy (non-hydrogen) atoms. The Balaban J connectivity index is 2.31. The molecule has 3 heteroatoms. The molecule has 0 aromatic heterocycles. The molecule has 0 spiro atoms. The Morgan fingerprint density at radius 1 is 1.24 bits per heavy atom. The van der Waals surface area contributed by atoms with E-state index in [1.807, 2.05) is 0 Å². The Hall–Kier alpha value is 0.210. The van der Waals surface area contributed by atoms with Gasteiger partial charge in [0.25, 0.3) is 0 Å². The average Bonchev–Trinajstić information content (AvgIpc) is 2.37. The van der Waals surface area contributed by atoms with E-state index in [1.165, 1.54) is 25.7 Å². The summed E-state index contributed by atoms with van der Waals surface area (Å²) in [6, 6.07) is 0. The number of hydrogen-bond donors (Lipinski definition) is 1. The summed E-state index contributed by atoms with van der Waals surface area (Å²) in [4.78, 5) is 2.46. The van der Waals surface area contributed by atoms with E-state index >= 15 is 0 Å². The van der Waals surface area contributed by atoms with Crippen molar-refractivity contribution in [3.8, 4) is 0 Å². The molecule has 0 saturated heterocycles. The maximum Gasteiger partial charge on any atom is 0.0406 e. The van der Waals surface area contributed by atoms with Crippen molar-refractivity contribution < 1.29 is 0 Å². The summed E-state index contributed by atoms with van der Waals surface area (Å²) in [6.45, 7) is 11.3. The first-order valence-electron chi connectivity index (χ1n) is 7.19. The third-order valence-corrected chi connectivity index (χ3v) is 4.82. The van der Waals surface area contributed by atoms with Gasteiger partial charge in [0, 0.05) is 24.5 Å². The first-order valence-corrected chi connectivity index (χ1v) is 7.72. The van der Waals surface area contributed by atoms with Gasteiger partial charge in [0.2, 0.25) is 0 Å². The van der Waals surface area contributed by atoms with Gasteiger partial charge in [-0.2, -0.15) is 0 Å². The Bertz CT molecular complexity index is 196. The quantitative estimate of drug-likeness (QED) is 0.708. The zero-order valence-corrected chi connectivity index (χ0v) is 12.5. The highest BCUT2D eigenvalue weighted by Crippen LogP contribution is 2.32. The molecular formula is C14H29ClN2.